The van der Waals surface area contributed by atoms with Crippen molar-refractivity contribution in [2.75, 3.05) is 13.7 Å². The van der Waals surface area contributed by atoms with E-state index in [1.807, 2.05) is 26.8 Å². The van der Waals surface area contributed by atoms with Gasteiger partial charge in [0.25, 0.3) is 5.91 Å². The van der Waals surface area contributed by atoms with Gasteiger partial charge in [-0.2, -0.15) is 0 Å². The molecule has 8 nitrogen and oxygen atoms in total. The first-order chi connectivity index (χ1) is 13.7. The van der Waals surface area contributed by atoms with Crippen molar-refractivity contribution >= 4 is 23.8 Å². The highest BCUT2D eigenvalue weighted by molar-refractivity contribution is 6.09. The minimum Gasteiger partial charge on any atom is -0.467 e. The Labute approximate surface area is 171 Å². The van der Waals surface area contributed by atoms with Crippen LogP contribution in [-0.4, -0.2) is 48.4 Å². The molecule has 0 aliphatic carbocycles. The molecule has 1 aliphatic rings. The second kappa shape index (κ2) is 9.54. The largest absolute Gasteiger partial charge is 0.467 e. The predicted molar refractivity (Wildman–Crippen MR) is 107 cm³/mol. The number of imide groups is 1. The Morgan fingerprint density at radius 1 is 1.21 bits per heavy atom. The number of hydrogen-bond donors (Lipinski definition) is 2. The van der Waals surface area contributed by atoms with Crippen molar-refractivity contribution < 1.29 is 23.9 Å². The minimum atomic E-state index is -1.19. The Kier molecular flexibility index (Phi) is 7.36. The normalized spacial score (nSPS) is 19.8. The molecule has 1 aromatic carbocycles. The lowest BCUT2D eigenvalue weighted by Crippen LogP contribution is -2.48. The molecule has 2 atom stereocenters. The van der Waals surface area contributed by atoms with Crippen LogP contribution in [0.2, 0.25) is 0 Å². The van der Waals surface area contributed by atoms with Crippen molar-refractivity contribution in [1.82, 2.24) is 15.5 Å². The van der Waals surface area contributed by atoms with E-state index in [0.717, 1.165) is 4.90 Å². The van der Waals surface area contributed by atoms with E-state index in [9.17, 15) is 19.2 Å². The monoisotopic (exact) mass is 403 g/mol. The maximum atomic E-state index is 13.2. The average Bonchev–Trinajstić information content (AvgIpc) is 2.92. The van der Waals surface area contributed by atoms with Crippen LogP contribution in [0.3, 0.4) is 0 Å². The van der Waals surface area contributed by atoms with E-state index >= 15 is 0 Å². The Balaban J connectivity index is 2.18. The van der Waals surface area contributed by atoms with Crippen molar-refractivity contribution in [3.05, 3.63) is 35.9 Å². The molecule has 1 aliphatic heterocycles. The molecular weight excluding hydrogens is 374 g/mol. The molecule has 1 aromatic rings. The summed E-state index contributed by atoms with van der Waals surface area (Å²) in [5.74, 6) is -1.48. The molecule has 158 valence electrons. The van der Waals surface area contributed by atoms with Crippen molar-refractivity contribution in [2.45, 2.75) is 51.6 Å². The summed E-state index contributed by atoms with van der Waals surface area (Å²) in [4.78, 5) is 51.1. The zero-order valence-corrected chi connectivity index (χ0v) is 17.4. The van der Waals surface area contributed by atoms with Crippen LogP contribution in [0.1, 0.15) is 45.6 Å². The molecule has 0 radical (unpaired) electrons. The van der Waals surface area contributed by atoms with E-state index in [0.29, 0.717) is 24.8 Å². The molecule has 2 rings (SSSR count). The van der Waals surface area contributed by atoms with Crippen LogP contribution in [0.15, 0.2) is 30.3 Å². The molecule has 0 saturated carbocycles. The van der Waals surface area contributed by atoms with Gasteiger partial charge in [0, 0.05) is 0 Å². The van der Waals surface area contributed by atoms with Gasteiger partial charge in [-0.15, -0.1) is 0 Å². The number of carbonyl (C=O) groups is 4. The number of nitrogens with zero attached hydrogens (tertiary/aromatic N) is 1. The smallest absolute Gasteiger partial charge is 0.328 e. The fourth-order valence-corrected chi connectivity index (χ4v) is 3.59. The Morgan fingerprint density at radius 2 is 1.86 bits per heavy atom. The predicted octanol–water partition coefficient (Wildman–Crippen LogP) is 1.94. The molecule has 0 bridgehead atoms. The molecule has 1 saturated heterocycles. The fraction of sp³-hybridized carbons (Fsp3) is 0.524. The van der Waals surface area contributed by atoms with Crippen molar-refractivity contribution in [2.24, 2.45) is 5.92 Å². The maximum absolute atomic E-state index is 13.2. The average molecular weight is 403 g/mol. The second-order valence-electron chi connectivity index (χ2n) is 7.62. The van der Waals surface area contributed by atoms with Crippen LogP contribution in [0, 0.1) is 5.92 Å². The number of ether oxygens (including phenoxy) is 1. The highest BCUT2D eigenvalue weighted by Gasteiger charge is 2.52. The summed E-state index contributed by atoms with van der Waals surface area (Å²) in [6.07, 6.45) is 1.47. The molecule has 2 N–H and O–H groups in total. The number of urea groups is 1. The van der Waals surface area contributed by atoms with Crippen LogP contribution in [0.4, 0.5) is 4.79 Å². The molecule has 1 heterocycles. The molecule has 4 amide bonds. The SMILES string of the molecule is CCC[C@]1(c2ccccc2)NC(=O)N(CC(=O)N[C@@H](CC(C)C)C(=O)OC)C1=O. The summed E-state index contributed by atoms with van der Waals surface area (Å²) < 4.78 is 4.74. The van der Waals surface area contributed by atoms with Gasteiger partial charge in [-0.25, -0.2) is 9.59 Å². The highest BCUT2D eigenvalue weighted by atomic mass is 16.5. The first kappa shape index (κ1) is 22.4. The summed E-state index contributed by atoms with van der Waals surface area (Å²) in [5.41, 5.74) is -0.511. The fourth-order valence-electron chi connectivity index (χ4n) is 3.59. The molecule has 0 unspecified atom stereocenters. The first-order valence-electron chi connectivity index (χ1n) is 9.82. The van der Waals surface area contributed by atoms with Gasteiger partial charge in [-0.05, 0) is 24.3 Å². The molecule has 29 heavy (non-hydrogen) atoms. The molecule has 0 spiro atoms. The maximum Gasteiger partial charge on any atom is 0.328 e. The third-order valence-electron chi connectivity index (χ3n) is 4.90. The number of carbonyl (C=O) groups excluding carboxylic acids is 4. The van der Waals surface area contributed by atoms with Crippen molar-refractivity contribution in [3.63, 3.8) is 0 Å². The highest BCUT2D eigenvalue weighted by Crippen LogP contribution is 2.33. The zero-order valence-electron chi connectivity index (χ0n) is 17.4. The van der Waals surface area contributed by atoms with E-state index in [4.69, 9.17) is 4.74 Å². The zero-order chi connectivity index (χ0) is 21.6. The van der Waals surface area contributed by atoms with E-state index in [1.54, 1.807) is 24.3 Å². The van der Waals surface area contributed by atoms with Crippen molar-refractivity contribution in [3.8, 4) is 0 Å². The van der Waals surface area contributed by atoms with Crippen LogP contribution < -0.4 is 10.6 Å². The number of hydrogen-bond acceptors (Lipinski definition) is 5. The molecule has 0 aromatic heterocycles. The number of nitrogens with one attached hydrogen (secondary N) is 2. The van der Waals surface area contributed by atoms with Gasteiger partial charge in [0.15, 0.2) is 0 Å². The number of benzene rings is 1. The summed E-state index contributed by atoms with van der Waals surface area (Å²) >= 11 is 0. The van der Waals surface area contributed by atoms with Gasteiger partial charge in [-0.3, -0.25) is 14.5 Å². The Bertz CT molecular complexity index is 765. The van der Waals surface area contributed by atoms with Gasteiger partial charge in [0.05, 0.1) is 7.11 Å². The molecular formula is C21H29N3O5. The van der Waals surface area contributed by atoms with Crippen LogP contribution >= 0.6 is 0 Å². The molecule has 8 heteroatoms. The van der Waals surface area contributed by atoms with Gasteiger partial charge in [-0.1, -0.05) is 57.5 Å². The summed E-state index contributed by atoms with van der Waals surface area (Å²) in [6.45, 7) is 5.29. The lowest BCUT2D eigenvalue weighted by atomic mass is 9.85. The standard InChI is InChI=1S/C21H29N3O5/c1-5-11-21(15-9-7-6-8-10-15)19(27)24(20(28)23-21)13-17(25)22-16(12-14(2)3)18(26)29-4/h6-10,14,16H,5,11-13H2,1-4H3,(H,22,25)(H,23,28)/t16-,21+/m0/s1. The Morgan fingerprint density at radius 3 is 2.41 bits per heavy atom. The van der Waals surface area contributed by atoms with Crippen LogP contribution in [0.25, 0.3) is 0 Å². The van der Waals surface area contributed by atoms with Crippen molar-refractivity contribution in [1.29, 1.82) is 0 Å². The third kappa shape index (κ3) is 4.93. The quantitative estimate of drug-likeness (QED) is 0.484. The topological polar surface area (TPSA) is 105 Å². The Hall–Kier alpha value is -2.90. The van der Waals surface area contributed by atoms with E-state index in [2.05, 4.69) is 10.6 Å². The van der Waals surface area contributed by atoms with Crippen LogP contribution in [-0.2, 0) is 24.7 Å². The van der Waals surface area contributed by atoms with Crippen LogP contribution in [0.5, 0.6) is 0 Å². The molecule has 1 fully saturated rings. The summed E-state index contributed by atoms with van der Waals surface area (Å²) in [5, 5.41) is 5.35. The lowest BCUT2D eigenvalue weighted by Gasteiger charge is -2.27. The summed E-state index contributed by atoms with van der Waals surface area (Å²) in [6, 6.07) is 7.55. The lowest BCUT2D eigenvalue weighted by molar-refractivity contribution is -0.145. The van der Waals surface area contributed by atoms with E-state index in [1.165, 1.54) is 7.11 Å². The number of rotatable bonds is 9. The van der Waals surface area contributed by atoms with Gasteiger partial charge < -0.3 is 15.4 Å². The number of esters is 1. The van der Waals surface area contributed by atoms with E-state index in [-0.39, 0.29) is 5.92 Å². The third-order valence-corrected chi connectivity index (χ3v) is 4.90. The first-order valence-corrected chi connectivity index (χ1v) is 9.82. The van der Waals surface area contributed by atoms with Gasteiger partial charge in [0.2, 0.25) is 5.91 Å². The van der Waals surface area contributed by atoms with Gasteiger partial charge >= 0.3 is 12.0 Å². The second-order valence-corrected chi connectivity index (χ2v) is 7.62. The summed E-state index contributed by atoms with van der Waals surface area (Å²) in [7, 11) is 1.25. The number of amides is 4. The number of methoxy groups -OCH3 is 1. The minimum absolute atomic E-state index is 0.145. The van der Waals surface area contributed by atoms with E-state index < -0.39 is 41.9 Å². The van der Waals surface area contributed by atoms with Gasteiger partial charge in [0.1, 0.15) is 18.1 Å².